The first kappa shape index (κ1) is 16.1. The maximum absolute atomic E-state index is 9.31. The Morgan fingerprint density at radius 2 is 1.90 bits per heavy atom. The molecule has 1 aromatic carbocycles. The zero-order valence-corrected chi connectivity index (χ0v) is 13.4. The molecule has 0 aliphatic carbocycles. The van der Waals surface area contributed by atoms with Gasteiger partial charge < -0.3 is 10.0 Å². The summed E-state index contributed by atoms with van der Waals surface area (Å²) in [7, 11) is 0. The van der Waals surface area contributed by atoms with Crippen LogP contribution in [-0.4, -0.2) is 54.2 Å². The summed E-state index contributed by atoms with van der Waals surface area (Å²) in [5.41, 5.74) is 2.69. The third-order valence-corrected chi connectivity index (χ3v) is 4.28. The minimum absolute atomic E-state index is 0.335. The van der Waals surface area contributed by atoms with Crippen molar-refractivity contribution in [1.82, 2.24) is 9.80 Å². The number of hydrogen-bond donors (Lipinski definition) is 1. The Labute approximate surface area is 128 Å². The average molecular weight is 288 g/mol. The second kappa shape index (κ2) is 8.20. The summed E-state index contributed by atoms with van der Waals surface area (Å²) < 4.78 is 0. The molecule has 0 saturated carbocycles. The van der Waals surface area contributed by atoms with E-state index in [9.17, 15) is 5.11 Å². The molecule has 0 bridgehead atoms. The third kappa shape index (κ3) is 5.18. The predicted molar refractivity (Wildman–Crippen MR) is 89.5 cm³/mol. The number of benzene rings is 1. The molecule has 0 atom stereocenters. The minimum atomic E-state index is 0.335. The first-order valence-corrected chi connectivity index (χ1v) is 8.14. The lowest BCUT2D eigenvalue weighted by molar-refractivity contribution is 0.265. The molecule has 1 saturated heterocycles. The first-order chi connectivity index (χ1) is 10.2. The van der Waals surface area contributed by atoms with Gasteiger partial charge in [-0.3, -0.25) is 4.90 Å². The van der Waals surface area contributed by atoms with Crippen molar-refractivity contribution in [2.24, 2.45) is 0 Å². The van der Waals surface area contributed by atoms with Crippen molar-refractivity contribution < 1.29 is 5.11 Å². The summed E-state index contributed by atoms with van der Waals surface area (Å²) in [5, 5.41) is 9.31. The largest absolute Gasteiger partial charge is 0.508 e. The predicted octanol–water partition coefficient (Wildman–Crippen LogP) is 3.21. The van der Waals surface area contributed by atoms with E-state index in [1.165, 1.54) is 43.6 Å². The van der Waals surface area contributed by atoms with Crippen LogP contribution in [-0.2, 0) is 0 Å². The van der Waals surface area contributed by atoms with E-state index in [1.54, 1.807) is 12.1 Å². The first-order valence-electron chi connectivity index (χ1n) is 8.14. The number of phenolic OH excluding ortho intramolecular Hbond substituents is 1. The van der Waals surface area contributed by atoms with Crippen molar-refractivity contribution in [3.63, 3.8) is 0 Å². The van der Waals surface area contributed by atoms with Gasteiger partial charge in [-0.1, -0.05) is 37.6 Å². The number of phenols is 1. The number of rotatable bonds is 7. The van der Waals surface area contributed by atoms with Crippen LogP contribution in [0, 0.1) is 0 Å². The Balaban J connectivity index is 1.76. The van der Waals surface area contributed by atoms with Gasteiger partial charge in [-0.2, -0.15) is 0 Å². The lowest BCUT2D eigenvalue weighted by atomic mass is 10.1. The van der Waals surface area contributed by atoms with Crippen LogP contribution in [0.3, 0.4) is 0 Å². The second-order valence-electron chi connectivity index (χ2n) is 5.80. The van der Waals surface area contributed by atoms with Gasteiger partial charge in [0.1, 0.15) is 5.75 Å². The summed E-state index contributed by atoms with van der Waals surface area (Å²) in [6.07, 6.45) is 4.70. The zero-order valence-electron chi connectivity index (χ0n) is 13.4. The number of likely N-dealkylation sites (tertiary alicyclic amines) is 1. The van der Waals surface area contributed by atoms with Crippen LogP contribution < -0.4 is 0 Å². The van der Waals surface area contributed by atoms with E-state index in [-0.39, 0.29) is 0 Å². The van der Waals surface area contributed by atoms with E-state index in [0.717, 1.165) is 19.6 Å². The van der Waals surface area contributed by atoms with Gasteiger partial charge in [0.25, 0.3) is 0 Å². The van der Waals surface area contributed by atoms with Crippen LogP contribution in [0.1, 0.15) is 32.3 Å². The molecule has 2 rings (SSSR count). The van der Waals surface area contributed by atoms with Gasteiger partial charge in [0.2, 0.25) is 0 Å². The smallest absolute Gasteiger partial charge is 0.115 e. The van der Waals surface area contributed by atoms with Crippen molar-refractivity contribution in [3.8, 4) is 5.75 Å². The highest BCUT2D eigenvalue weighted by Gasteiger charge is 2.16. The molecule has 0 aromatic heterocycles. The van der Waals surface area contributed by atoms with E-state index in [4.69, 9.17) is 0 Å². The molecule has 0 radical (unpaired) electrons. The van der Waals surface area contributed by atoms with Crippen LogP contribution in [0.15, 0.2) is 29.8 Å². The van der Waals surface area contributed by atoms with E-state index >= 15 is 0 Å². The molecular formula is C18H28N2O. The van der Waals surface area contributed by atoms with Gasteiger partial charge in [0, 0.05) is 13.1 Å². The topological polar surface area (TPSA) is 26.7 Å². The van der Waals surface area contributed by atoms with E-state index in [0.29, 0.717) is 5.75 Å². The standard InChI is InChI=1S/C18H28N2O/c1-3-19(4-2)11-5-12-20-13-10-17(15-20)14-16-6-8-18(21)9-7-16/h6-9,14,21H,3-5,10-13,15H2,1-2H3/b17-14-. The summed E-state index contributed by atoms with van der Waals surface area (Å²) in [4.78, 5) is 5.04. The highest BCUT2D eigenvalue weighted by atomic mass is 16.3. The Kier molecular flexibility index (Phi) is 6.27. The maximum Gasteiger partial charge on any atom is 0.115 e. The van der Waals surface area contributed by atoms with Crippen molar-refractivity contribution in [3.05, 3.63) is 35.4 Å². The van der Waals surface area contributed by atoms with Crippen LogP contribution in [0.25, 0.3) is 6.08 Å². The molecule has 1 aliphatic heterocycles. The highest BCUT2D eigenvalue weighted by molar-refractivity contribution is 5.54. The Morgan fingerprint density at radius 1 is 1.19 bits per heavy atom. The zero-order chi connectivity index (χ0) is 15.1. The lowest BCUT2D eigenvalue weighted by Gasteiger charge is -2.20. The summed E-state index contributed by atoms with van der Waals surface area (Å²) in [5.74, 6) is 0.335. The van der Waals surface area contributed by atoms with Crippen molar-refractivity contribution in [2.45, 2.75) is 26.7 Å². The quantitative estimate of drug-likeness (QED) is 0.834. The normalized spacial score (nSPS) is 18.0. The molecule has 3 heteroatoms. The average Bonchev–Trinajstić information content (AvgIpc) is 2.93. The summed E-state index contributed by atoms with van der Waals surface area (Å²) in [6, 6.07) is 7.46. The molecule has 1 aliphatic rings. The number of hydrogen-bond acceptors (Lipinski definition) is 3. The summed E-state index contributed by atoms with van der Waals surface area (Å²) >= 11 is 0. The molecular weight excluding hydrogens is 260 g/mol. The number of nitrogens with zero attached hydrogens (tertiary/aromatic N) is 2. The molecule has 0 unspecified atom stereocenters. The molecule has 0 amide bonds. The van der Waals surface area contributed by atoms with Crippen molar-refractivity contribution >= 4 is 6.08 Å². The van der Waals surface area contributed by atoms with Crippen LogP contribution in [0.5, 0.6) is 5.75 Å². The molecule has 1 aromatic rings. The van der Waals surface area contributed by atoms with Gasteiger partial charge in [-0.15, -0.1) is 0 Å². The van der Waals surface area contributed by atoms with Gasteiger partial charge in [0.15, 0.2) is 0 Å². The maximum atomic E-state index is 9.31. The van der Waals surface area contributed by atoms with Crippen LogP contribution in [0.2, 0.25) is 0 Å². The van der Waals surface area contributed by atoms with Gasteiger partial charge in [-0.05, 0) is 56.7 Å². The highest BCUT2D eigenvalue weighted by Crippen LogP contribution is 2.20. The Morgan fingerprint density at radius 3 is 2.57 bits per heavy atom. The number of aromatic hydroxyl groups is 1. The molecule has 1 heterocycles. The van der Waals surface area contributed by atoms with E-state index in [1.807, 2.05) is 12.1 Å². The van der Waals surface area contributed by atoms with Crippen molar-refractivity contribution in [2.75, 3.05) is 39.3 Å². The fourth-order valence-electron chi connectivity index (χ4n) is 2.92. The minimum Gasteiger partial charge on any atom is -0.508 e. The molecule has 3 nitrogen and oxygen atoms in total. The molecule has 1 N–H and O–H groups in total. The van der Waals surface area contributed by atoms with Gasteiger partial charge in [0.05, 0.1) is 0 Å². The van der Waals surface area contributed by atoms with E-state index in [2.05, 4.69) is 29.7 Å². The fraction of sp³-hybridized carbons (Fsp3) is 0.556. The fourth-order valence-corrected chi connectivity index (χ4v) is 2.92. The second-order valence-corrected chi connectivity index (χ2v) is 5.80. The Bertz CT molecular complexity index is 449. The molecule has 1 fully saturated rings. The molecule has 0 spiro atoms. The van der Waals surface area contributed by atoms with Gasteiger partial charge in [-0.25, -0.2) is 0 Å². The molecule has 21 heavy (non-hydrogen) atoms. The monoisotopic (exact) mass is 288 g/mol. The van der Waals surface area contributed by atoms with Crippen molar-refractivity contribution in [1.29, 1.82) is 0 Å². The Hall–Kier alpha value is -1.32. The SMILES string of the molecule is CCN(CC)CCCN1CC/C(=C/c2ccc(O)cc2)C1. The van der Waals surface area contributed by atoms with E-state index < -0.39 is 0 Å². The molecule has 116 valence electrons. The summed E-state index contributed by atoms with van der Waals surface area (Å²) in [6.45, 7) is 11.5. The van der Waals surface area contributed by atoms with Crippen LogP contribution >= 0.6 is 0 Å². The third-order valence-electron chi connectivity index (χ3n) is 4.28. The van der Waals surface area contributed by atoms with Gasteiger partial charge >= 0.3 is 0 Å². The van der Waals surface area contributed by atoms with Crippen LogP contribution in [0.4, 0.5) is 0 Å². The lowest BCUT2D eigenvalue weighted by Crippen LogP contribution is -2.28.